The number of hydrogen-bond donors (Lipinski definition) is 1. The van der Waals surface area contributed by atoms with Crippen LogP contribution in [-0.4, -0.2) is 40.6 Å². The van der Waals surface area contributed by atoms with Gasteiger partial charge >= 0.3 is 0 Å². The van der Waals surface area contributed by atoms with Crippen molar-refractivity contribution in [3.8, 4) is 0 Å². The molecule has 2 aromatic rings. The van der Waals surface area contributed by atoms with E-state index in [1.54, 1.807) is 12.1 Å². The van der Waals surface area contributed by atoms with Crippen LogP contribution in [-0.2, 0) is 14.8 Å². The lowest BCUT2D eigenvalue weighted by Crippen LogP contribution is -2.31. The summed E-state index contributed by atoms with van der Waals surface area (Å²) in [7, 11) is -2.20. The molecule has 0 bridgehead atoms. The van der Waals surface area contributed by atoms with Crippen molar-refractivity contribution >= 4 is 33.0 Å². The van der Waals surface area contributed by atoms with Gasteiger partial charge in [-0.2, -0.15) is 0 Å². The zero-order chi connectivity index (χ0) is 18.7. The molecule has 1 aromatic carbocycles. The number of sulfonamides is 1. The van der Waals surface area contributed by atoms with Gasteiger partial charge in [0.15, 0.2) is 0 Å². The van der Waals surface area contributed by atoms with Gasteiger partial charge < -0.3 is 10.1 Å². The Labute approximate surface area is 157 Å². The van der Waals surface area contributed by atoms with Crippen molar-refractivity contribution < 1.29 is 17.9 Å². The number of anilines is 1. The van der Waals surface area contributed by atoms with E-state index in [0.29, 0.717) is 17.1 Å². The number of nitrogens with zero attached hydrogens (tertiary/aromatic N) is 1. The summed E-state index contributed by atoms with van der Waals surface area (Å²) in [6, 6.07) is 8.70. The first kappa shape index (κ1) is 18.9. The van der Waals surface area contributed by atoms with Crippen molar-refractivity contribution in [2.75, 3.05) is 24.5 Å². The lowest BCUT2D eigenvalue weighted by atomic mass is 10.2. The van der Waals surface area contributed by atoms with Crippen LogP contribution in [0.25, 0.3) is 0 Å². The van der Waals surface area contributed by atoms with Gasteiger partial charge in [0.1, 0.15) is 0 Å². The van der Waals surface area contributed by atoms with Crippen LogP contribution in [0.3, 0.4) is 0 Å². The van der Waals surface area contributed by atoms with Crippen molar-refractivity contribution in [2.24, 2.45) is 0 Å². The van der Waals surface area contributed by atoms with E-state index in [-0.39, 0.29) is 16.9 Å². The molecule has 3 rings (SSSR count). The third kappa shape index (κ3) is 4.08. The summed E-state index contributed by atoms with van der Waals surface area (Å²) >= 11 is 1.12. The van der Waals surface area contributed by atoms with Crippen molar-refractivity contribution in [2.45, 2.75) is 30.8 Å². The normalized spacial score (nSPS) is 17.2. The van der Waals surface area contributed by atoms with E-state index in [1.807, 2.05) is 19.1 Å². The van der Waals surface area contributed by atoms with E-state index < -0.39 is 10.0 Å². The van der Waals surface area contributed by atoms with Gasteiger partial charge in [0.25, 0.3) is 15.9 Å². The minimum Gasteiger partial charge on any atom is -0.376 e. The Kier molecular flexibility index (Phi) is 5.64. The van der Waals surface area contributed by atoms with E-state index in [1.165, 1.54) is 22.8 Å². The number of carbonyl (C=O) groups is 1. The van der Waals surface area contributed by atoms with Crippen LogP contribution in [0.15, 0.2) is 40.6 Å². The molecule has 1 atom stereocenters. The summed E-state index contributed by atoms with van der Waals surface area (Å²) in [5, 5.41) is 4.31. The highest BCUT2D eigenvalue weighted by molar-refractivity contribution is 7.93. The predicted molar refractivity (Wildman–Crippen MR) is 102 cm³/mol. The molecule has 1 N–H and O–H groups in total. The van der Waals surface area contributed by atoms with Gasteiger partial charge in [0, 0.05) is 25.6 Å². The number of thiophene rings is 1. The Bertz CT molecular complexity index is 886. The highest BCUT2D eigenvalue weighted by Crippen LogP contribution is 2.26. The first-order chi connectivity index (χ1) is 12.4. The van der Waals surface area contributed by atoms with Crippen LogP contribution < -0.4 is 9.62 Å². The van der Waals surface area contributed by atoms with Gasteiger partial charge in [-0.15, -0.1) is 11.3 Å². The Morgan fingerprint density at radius 2 is 2.19 bits per heavy atom. The van der Waals surface area contributed by atoms with Crippen molar-refractivity contribution in [3.05, 3.63) is 46.2 Å². The van der Waals surface area contributed by atoms with Crippen LogP contribution in [0, 0.1) is 6.92 Å². The summed E-state index contributed by atoms with van der Waals surface area (Å²) in [5.41, 5.74) is 1.56. The van der Waals surface area contributed by atoms with E-state index >= 15 is 0 Å². The smallest absolute Gasteiger partial charge is 0.264 e. The average Bonchev–Trinajstić information content (AvgIpc) is 3.31. The molecule has 140 valence electrons. The van der Waals surface area contributed by atoms with Gasteiger partial charge in [-0.1, -0.05) is 12.1 Å². The molecule has 8 heteroatoms. The number of rotatable bonds is 6. The predicted octanol–water partition coefficient (Wildman–Crippen LogP) is 2.79. The topological polar surface area (TPSA) is 75.7 Å². The van der Waals surface area contributed by atoms with Crippen LogP contribution in [0.5, 0.6) is 0 Å². The minimum atomic E-state index is -3.71. The van der Waals surface area contributed by atoms with Gasteiger partial charge in [-0.3, -0.25) is 9.10 Å². The van der Waals surface area contributed by atoms with E-state index in [0.717, 1.165) is 36.3 Å². The lowest BCUT2D eigenvalue weighted by molar-refractivity contribution is 0.0861. The molecule has 26 heavy (non-hydrogen) atoms. The van der Waals surface area contributed by atoms with Crippen LogP contribution in [0.2, 0.25) is 0 Å². The lowest BCUT2D eigenvalue weighted by Gasteiger charge is -2.19. The quantitative estimate of drug-likeness (QED) is 0.817. The molecule has 0 spiro atoms. The number of hydrogen-bond acceptors (Lipinski definition) is 5. The van der Waals surface area contributed by atoms with Crippen molar-refractivity contribution in [1.29, 1.82) is 0 Å². The molecule has 1 aliphatic heterocycles. The Balaban J connectivity index is 1.72. The summed E-state index contributed by atoms with van der Waals surface area (Å²) in [5.74, 6) is -0.273. The van der Waals surface area contributed by atoms with Gasteiger partial charge in [0.05, 0.1) is 21.6 Å². The number of amides is 1. The standard InChI is InChI=1S/C18H22N2O4S2/c1-13-5-3-6-14(9-13)20(2)26(22,23)16-10-17(25-12-16)18(21)19-11-15-7-4-8-24-15/h3,5-6,9-10,12,15H,4,7-8,11H2,1-2H3,(H,19,21)/t15-/m0/s1. The monoisotopic (exact) mass is 394 g/mol. The molecule has 1 amide bonds. The van der Waals surface area contributed by atoms with Gasteiger partial charge in [0.2, 0.25) is 0 Å². The maximum absolute atomic E-state index is 12.8. The summed E-state index contributed by atoms with van der Waals surface area (Å²) in [6.07, 6.45) is 1.99. The van der Waals surface area contributed by atoms with E-state index in [9.17, 15) is 13.2 Å². The molecule has 0 radical (unpaired) electrons. The summed E-state index contributed by atoms with van der Waals surface area (Å²) in [4.78, 5) is 12.8. The fraction of sp³-hybridized carbons (Fsp3) is 0.389. The fourth-order valence-electron chi connectivity index (χ4n) is 2.79. The van der Waals surface area contributed by atoms with Crippen LogP contribution in [0.4, 0.5) is 5.69 Å². The second-order valence-electron chi connectivity index (χ2n) is 6.30. The number of aryl methyl sites for hydroxylation is 1. The van der Waals surface area contributed by atoms with Crippen molar-refractivity contribution in [1.82, 2.24) is 5.32 Å². The zero-order valence-corrected chi connectivity index (χ0v) is 16.4. The summed E-state index contributed by atoms with van der Waals surface area (Å²) < 4.78 is 32.4. The second-order valence-corrected chi connectivity index (χ2v) is 9.18. The molecule has 1 aromatic heterocycles. The number of ether oxygens (including phenoxy) is 1. The molecule has 1 aliphatic rings. The Morgan fingerprint density at radius 3 is 2.88 bits per heavy atom. The van der Waals surface area contributed by atoms with Gasteiger partial charge in [-0.25, -0.2) is 8.42 Å². The van der Waals surface area contributed by atoms with Crippen LogP contribution in [0.1, 0.15) is 28.1 Å². The minimum absolute atomic E-state index is 0.0505. The van der Waals surface area contributed by atoms with E-state index in [4.69, 9.17) is 4.74 Å². The third-order valence-corrected chi connectivity index (χ3v) is 7.18. The largest absolute Gasteiger partial charge is 0.376 e. The highest BCUT2D eigenvalue weighted by atomic mass is 32.2. The van der Waals surface area contributed by atoms with Crippen molar-refractivity contribution in [3.63, 3.8) is 0 Å². The Morgan fingerprint density at radius 1 is 1.38 bits per heavy atom. The molecule has 0 unspecified atom stereocenters. The molecule has 1 fully saturated rings. The van der Waals surface area contributed by atoms with Crippen LogP contribution >= 0.6 is 11.3 Å². The summed E-state index contributed by atoms with van der Waals surface area (Å²) in [6.45, 7) is 3.08. The highest BCUT2D eigenvalue weighted by Gasteiger charge is 2.24. The van der Waals surface area contributed by atoms with E-state index in [2.05, 4.69) is 5.32 Å². The molecular formula is C18H22N2O4S2. The SMILES string of the molecule is Cc1cccc(N(C)S(=O)(=O)c2csc(C(=O)NC[C@@H]3CCCO3)c2)c1. The number of nitrogens with one attached hydrogen (secondary N) is 1. The number of carbonyl (C=O) groups excluding carboxylic acids is 1. The molecule has 1 saturated heterocycles. The maximum Gasteiger partial charge on any atom is 0.264 e. The molecule has 6 nitrogen and oxygen atoms in total. The second kappa shape index (κ2) is 7.77. The molecule has 0 saturated carbocycles. The average molecular weight is 395 g/mol. The first-order valence-corrected chi connectivity index (χ1v) is 10.7. The molecular weight excluding hydrogens is 372 g/mol. The molecule has 0 aliphatic carbocycles. The maximum atomic E-state index is 12.8. The first-order valence-electron chi connectivity index (χ1n) is 8.42. The molecule has 2 heterocycles. The number of benzene rings is 1. The van der Waals surface area contributed by atoms with Gasteiger partial charge in [-0.05, 0) is 43.5 Å². The third-order valence-electron chi connectivity index (χ3n) is 4.34. The Hall–Kier alpha value is -1.90. The fourth-order valence-corrected chi connectivity index (χ4v) is 5.16. The zero-order valence-electron chi connectivity index (χ0n) is 14.8.